The minimum Gasteiger partial charge on any atom is -0.383 e. The Morgan fingerprint density at radius 3 is 3.03 bits per heavy atom. The summed E-state index contributed by atoms with van der Waals surface area (Å²) in [5.74, 6) is 0.313. The zero-order valence-corrected chi connectivity index (χ0v) is 18.4. The number of aryl methyl sites for hydroxylation is 1. The highest BCUT2D eigenvalue weighted by Crippen LogP contribution is 2.34. The van der Waals surface area contributed by atoms with E-state index in [4.69, 9.17) is 9.72 Å². The molecule has 0 saturated heterocycles. The molecule has 0 N–H and O–H groups in total. The number of para-hydroxylation sites is 1. The summed E-state index contributed by atoms with van der Waals surface area (Å²) in [6, 6.07) is 8.09. The Balaban J connectivity index is 1.55. The van der Waals surface area contributed by atoms with E-state index in [9.17, 15) is 9.59 Å². The lowest BCUT2D eigenvalue weighted by Gasteiger charge is -2.29. The highest BCUT2D eigenvalue weighted by Gasteiger charge is 2.27. The highest BCUT2D eigenvalue weighted by molar-refractivity contribution is 8.00. The normalized spacial score (nSPS) is 17.9. The summed E-state index contributed by atoms with van der Waals surface area (Å²) in [4.78, 5) is 33.3. The number of methoxy groups -OCH3 is 1. The minimum atomic E-state index is -0.0142. The van der Waals surface area contributed by atoms with Crippen molar-refractivity contribution in [3.8, 4) is 0 Å². The molecule has 0 saturated carbocycles. The first-order valence-electron chi connectivity index (χ1n) is 9.89. The molecule has 8 heteroatoms. The Bertz CT molecular complexity index is 976. The molecule has 6 nitrogen and oxygen atoms in total. The number of thioether (sulfide) groups is 2. The molecule has 3 heterocycles. The lowest BCUT2D eigenvalue weighted by molar-refractivity contribution is -0.116. The molecule has 29 heavy (non-hydrogen) atoms. The van der Waals surface area contributed by atoms with Gasteiger partial charge in [0, 0.05) is 31.0 Å². The molecule has 0 radical (unpaired) electrons. The summed E-state index contributed by atoms with van der Waals surface area (Å²) in [5, 5.41) is 0.965. The van der Waals surface area contributed by atoms with Gasteiger partial charge in [-0.25, -0.2) is 4.98 Å². The second kappa shape index (κ2) is 8.93. The predicted octanol–water partition coefficient (Wildman–Crippen LogP) is 3.00. The SMILES string of the molecule is COCCn1c(SCC(=O)N2CCCc3ccccc32)nc2c(c1=O)SC(C)C2. The average Bonchev–Trinajstić information content (AvgIpc) is 3.11. The van der Waals surface area contributed by atoms with E-state index >= 15 is 0 Å². The van der Waals surface area contributed by atoms with Crippen LogP contribution in [0.1, 0.15) is 24.6 Å². The Morgan fingerprint density at radius 1 is 1.38 bits per heavy atom. The average molecular weight is 432 g/mol. The van der Waals surface area contributed by atoms with Gasteiger partial charge in [0.05, 0.1) is 29.5 Å². The third kappa shape index (κ3) is 4.25. The molecule has 1 aromatic carbocycles. The number of hydrogen-bond donors (Lipinski definition) is 0. The first-order valence-corrected chi connectivity index (χ1v) is 11.8. The van der Waals surface area contributed by atoms with Gasteiger partial charge in [-0.3, -0.25) is 14.2 Å². The first-order chi connectivity index (χ1) is 14.1. The smallest absolute Gasteiger partial charge is 0.268 e. The van der Waals surface area contributed by atoms with E-state index in [1.54, 1.807) is 23.4 Å². The number of carbonyl (C=O) groups is 1. The number of benzene rings is 1. The molecule has 1 amide bonds. The number of ether oxygens (including phenoxy) is 1. The molecule has 1 atom stereocenters. The summed E-state index contributed by atoms with van der Waals surface area (Å²) in [6.07, 6.45) is 2.77. The molecular weight excluding hydrogens is 406 g/mol. The fourth-order valence-electron chi connectivity index (χ4n) is 3.82. The monoisotopic (exact) mass is 431 g/mol. The lowest BCUT2D eigenvalue weighted by Crippen LogP contribution is -2.37. The maximum absolute atomic E-state index is 13.0. The lowest BCUT2D eigenvalue weighted by atomic mass is 10.0. The number of nitrogens with zero attached hydrogens (tertiary/aromatic N) is 3. The minimum absolute atomic E-state index is 0.0142. The number of hydrogen-bond acceptors (Lipinski definition) is 6. The molecule has 0 aliphatic carbocycles. The molecule has 2 aromatic rings. The fourth-order valence-corrected chi connectivity index (χ4v) is 5.85. The van der Waals surface area contributed by atoms with Crippen molar-refractivity contribution in [3.63, 3.8) is 0 Å². The van der Waals surface area contributed by atoms with Crippen LogP contribution >= 0.6 is 23.5 Å². The molecule has 0 bridgehead atoms. The van der Waals surface area contributed by atoms with Crippen LogP contribution in [0.5, 0.6) is 0 Å². The molecule has 0 fully saturated rings. The summed E-state index contributed by atoms with van der Waals surface area (Å²) >= 11 is 2.94. The molecule has 4 rings (SSSR count). The Hall–Kier alpha value is -1.77. The van der Waals surface area contributed by atoms with Gasteiger partial charge in [-0.1, -0.05) is 36.9 Å². The van der Waals surface area contributed by atoms with Crippen LogP contribution in [0.2, 0.25) is 0 Å². The number of carbonyl (C=O) groups excluding carboxylic acids is 1. The number of amides is 1. The van der Waals surface area contributed by atoms with Gasteiger partial charge in [0.1, 0.15) is 0 Å². The molecule has 0 spiro atoms. The van der Waals surface area contributed by atoms with Crippen molar-refractivity contribution in [1.82, 2.24) is 9.55 Å². The van der Waals surface area contributed by atoms with E-state index in [-0.39, 0.29) is 17.2 Å². The van der Waals surface area contributed by atoms with Crippen LogP contribution in [0.25, 0.3) is 0 Å². The van der Waals surface area contributed by atoms with E-state index in [0.717, 1.165) is 42.1 Å². The van der Waals surface area contributed by atoms with Crippen LogP contribution in [0, 0.1) is 0 Å². The largest absolute Gasteiger partial charge is 0.383 e. The summed E-state index contributed by atoms with van der Waals surface area (Å²) in [5.41, 5.74) is 3.07. The number of aromatic nitrogens is 2. The second-order valence-electron chi connectivity index (χ2n) is 7.32. The van der Waals surface area contributed by atoms with E-state index in [2.05, 4.69) is 13.0 Å². The van der Waals surface area contributed by atoms with Crippen LogP contribution in [-0.2, 0) is 28.9 Å². The summed E-state index contributed by atoms with van der Waals surface area (Å²) < 4.78 is 6.84. The van der Waals surface area contributed by atoms with Crippen LogP contribution in [0.3, 0.4) is 0 Å². The van der Waals surface area contributed by atoms with E-state index in [0.29, 0.717) is 23.6 Å². The number of anilines is 1. The quantitative estimate of drug-likeness (QED) is 0.518. The van der Waals surface area contributed by atoms with Crippen molar-refractivity contribution >= 4 is 35.1 Å². The highest BCUT2D eigenvalue weighted by atomic mass is 32.2. The van der Waals surface area contributed by atoms with Crippen molar-refractivity contribution in [2.75, 3.05) is 30.9 Å². The molecular formula is C21H25N3O3S2. The number of fused-ring (bicyclic) bond motifs is 2. The Kier molecular flexibility index (Phi) is 6.32. The van der Waals surface area contributed by atoms with Gasteiger partial charge in [0.15, 0.2) is 5.16 Å². The van der Waals surface area contributed by atoms with Crippen molar-refractivity contribution in [2.45, 2.75) is 48.0 Å². The molecule has 1 unspecified atom stereocenters. The van der Waals surface area contributed by atoms with E-state index in [1.165, 1.54) is 17.3 Å². The zero-order valence-electron chi connectivity index (χ0n) is 16.7. The zero-order chi connectivity index (χ0) is 20.4. The maximum Gasteiger partial charge on any atom is 0.268 e. The molecule has 154 valence electrons. The Labute approximate surface area is 179 Å². The van der Waals surface area contributed by atoms with Crippen LogP contribution in [-0.4, -0.2) is 46.7 Å². The van der Waals surface area contributed by atoms with Crippen LogP contribution < -0.4 is 10.5 Å². The van der Waals surface area contributed by atoms with Gasteiger partial charge in [-0.15, -0.1) is 11.8 Å². The second-order valence-corrected chi connectivity index (χ2v) is 9.71. The third-order valence-electron chi connectivity index (χ3n) is 5.22. The maximum atomic E-state index is 13.0. The van der Waals surface area contributed by atoms with Crippen LogP contribution in [0.15, 0.2) is 39.1 Å². The fraction of sp³-hybridized carbons (Fsp3) is 0.476. The van der Waals surface area contributed by atoms with Crippen molar-refractivity contribution < 1.29 is 9.53 Å². The van der Waals surface area contributed by atoms with Gasteiger partial charge >= 0.3 is 0 Å². The topological polar surface area (TPSA) is 64.4 Å². The van der Waals surface area contributed by atoms with Crippen molar-refractivity contribution in [1.29, 1.82) is 0 Å². The predicted molar refractivity (Wildman–Crippen MR) is 117 cm³/mol. The molecule has 2 aliphatic rings. The van der Waals surface area contributed by atoms with E-state index < -0.39 is 0 Å². The third-order valence-corrected chi connectivity index (χ3v) is 7.39. The van der Waals surface area contributed by atoms with Crippen molar-refractivity contribution in [2.24, 2.45) is 0 Å². The van der Waals surface area contributed by atoms with Gasteiger partial charge in [-0.05, 0) is 24.5 Å². The number of rotatable bonds is 6. The standard InChI is InChI=1S/C21H25N3O3S2/c1-14-12-16-19(29-14)20(26)24(10-11-27-2)21(22-16)28-13-18(25)23-9-5-7-15-6-3-4-8-17(15)23/h3-4,6,8,14H,5,7,9-13H2,1-2H3. The Morgan fingerprint density at radius 2 is 2.21 bits per heavy atom. The van der Waals surface area contributed by atoms with Gasteiger partial charge in [0.25, 0.3) is 5.56 Å². The molecule has 1 aromatic heterocycles. The summed E-state index contributed by atoms with van der Waals surface area (Å²) in [7, 11) is 1.62. The molecule has 2 aliphatic heterocycles. The van der Waals surface area contributed by atoms with E-state index in [1.807, 2.05) is 23.1 Å². The van der Waals surface area contributed by atoms with Crippen molar-refractivity contribution in [3.05, 3.63) is 45.9 Å². The van der Waals surface area contributed by atoms with Gasteiger partial charge in [-0.2, -0.15) is 0 Å². The summed E-state index contributed by atoms with van der Waals surface area (Å²) in [6.45, 7) is 3.71. The van der Waals surface area contributed by atoms with Crippen LogP contribution in [0.4, 0.5) is 5.69 Å². The van der Waals surface area contributed by atoms with Gasteiger partial charge < -0.3 is 9.64 Å². The first kappa shape index (κ1) is 20.5. The van der Waals surface area contributed by atoms with Gasteiger partial charge in [0.2, 0.25) is 5.91 Å².